The Morgan fingerprint density at radius 2 is 2.29 bits per heavy atom. The monoisotopic (exact) mass is 273 g/mol. The number of carbonyl (C=O) groups excluding carboxylic acids is 1. The maximum atomic E-state index is 11.3. The van der Waals surface area contributed by atoms with Crippen LogP contribution in [-0.4, -0.2) is 18.2 Å². The van der Waals surface area contributed by atoms with E-state index < -0.39 is 11.7 Å². The van der Waals surface area contributed by atoms with E-state index in [1.807, 2.05) is 44.4 Å². The van der Waals surface area contributed by atoms with Gasteiger partial charge < -0.3 is 10.1 Å². The summed E-state index contributed by atoms with van der Waals surface area (Å²) in [5, 5.41) is 4.55. The number of nitrogens with one attached hydrogen (secondary N) is 1. The van der Waals surface area contributed by atoms with Crippen molar-refractivity contribution >= 4 is 35.1 Å². The maximum absolute atomic E-state index is 11.3. The van der Waals surface area contributed by atoms with Crippen molar-refractivity contribution in [2.24, 2.45) is 0 Å². The second kappa shape index (κ2) is 6.07. The van der Waals surface area contributed by atoms with Crippen molar-refractivity contribution in [3.63, 3.8) is 0 Å². The molecule has 0 unspecified atom stereocenters. The first-order chi connectivity index (χ1) is 7.88. The molecule has 1 rings (SSSR count). The highest BCUT2D eigenvalue weighted by atomic mass is 35.5. The number of rotatable bonds is 3. The van der Waals surface area contributed by atoms with Gasteiger partial charge in [-0.3, -0.25) is 0 Å². The second-order valence-corrected chi connectivity index (χ2v) is 5.95. The lowest BCUT2D eigenvalue weighted by molar-refractivity contribution is 0.0534. The average molecular weight is 274 g/mol. The Kier molecular flexibility index (Phi) is 5.02. The third-order valence-corrected chi connectivity index (χ3v) is 2.91. The highest BCUT2D eigenvalue weighted by Crippen LogP contribution is 2.23. The minimum absolute atomic E-state index is 0.418. The molecule has 3 nitrogen and oxygen atoms in total. The summed E-state index contributed by atoms with van der Waals surface area (Å²) in [6.07, 6.45) is 3.28. The van der Waals surface area contributed by atoms with Gasteiger partial charge in [0.25, 0.3) is 0 Å². The van der Waals surface area contributed by atoms with Crippen molar-refractivity contribution in [1.29, 1.82) is 0 Å². The van der Waals surface area contributed by atoms with Crippen LogP contribution in [0.1, 0.15) is 26.3 Å². The summed E-state index contributed by atoms with van der Waals surface area (Å²) < 4.78 is 5.84. The van der Waals surface area contributed by atoms with Crippen LogP contribution in [0.4, 0.5) is 4.79 Å². The van der Waals surface area contributed by atoms with E-state index in [1.54, 1.807) is 0 Å². The number of alkyl carbamates (subject to hydrolysis) is 1. The lowest BCUT2D eigenvalue weighted by atomic mass is 10.2. The Morgan fingerprint density at radius 3 is 2.82 bits per heavy atom. The Hall–Kier alpha value is -1.00. The normalized spacial score (nSPS) is 11.8. The minimum Gasteiger partial charge on any atom is -0.444 e. The highest BCUT2D eigenvalue weighted by Gasteiger charge is 2.14. The molecule has 0 aliphatic heterocycles. The van der Waals surface area contributed by atoms with Gasteiger partial charge in [0.05, 0.1) is 0 Å². The molecule has 1 amide bonds. The van der Waals surface area contributed by atoms with Gasteiger partial charge in [0, 0.05) is 12.1 Å². The number of hydrogen-bond acceptors (Lipinski definition) is 3. The number of thiophene rings is 1. The number of carbonyl (C=O) groups is 1. The van der Waals surface area contributed by atoms with Crippen LogP contribution in [0.3, 0.4) is 0 Å². The maximum Gasteiger partial charge on any atom is 0.407 e. The molecule has 94 valence electrons. The van der Waals surface area contributed by atoms with Gasteiger partial charge in [-0.05, 0) is 32.2 Å². The SMILES string of the molecule is CC(C)(C)OC(=O)NCC=Cc1ccsc1Cl. The van der Waals surface area contributed by atoms with E-state index in [2.05, 4.69) is 5.32 Å². The molecule has 1 aromatic rings. The van der Waals surface area contributed by atoms with Crippen LogP contribution in [-0.2, 0) is 4.74 Å². The van der Waals surface area contributed by atoms with Crippen molar-refractivity contribution in [3.8, 4) is 0 Å². The Labute approximate surface area is 110 Å². The lowest BCUT2D eigenvalue weighted by Crippen LogP contribution is -2.32. The van der Waals surface area contributed by atoms with Gasteiger partial charge in [-0.1, -0.05) is 23.8 Å². The van der Waals surface area contributed by atoms with Gasteiger partial charge in [-0.15, -0.1) is 11.3 Å². The van der Waals surface area contributed by atoms with Crippen LogP contribution in [0.15, 0.2) is 17.5 Å². The van der Waals surface area contributed by atoms with Crippen molar-refractivity contribution in [3.05, 3.63) is 27.4 Å². The molecule has 5 heteroatoms. The molecule has 0 bridgehead atoms. The van der Waals surface area contributed by atoms with Gasteiger partial charge >= 0.3 is 6.09 Å². The van der Waals surface area contributed by atoms with E-state index in [-0.39, 0.29) is 0 Å². The van der Waals surface area contributed by atoms with Crippen LogP contribution in [0.5, 0.6) is 0 Å². The first-order valence-electron chi connectivity index (χ1n) is 5.25. The summed E-state index contributed by atoms with van der Waals surface area (Å²) in [5.74, 6) is 0. The van der Waals surface area contributed by atoms with Crippen molar-refractivity contribution in [2.75, 3.05) is 6.54 Å². The van der Waals surface area contributed by atoms with Crippen LogP contribution in [0.2, 0.25) is 4.34 Å². The predicted octanol–water partition coefficient (Wildman–Crippen LogP) is 3.94. The van der Waals surface area contributed by atoms with Crippen LogP contribution in [0, 0.1) is 0 Å². The second-order valence-electron chi connectivity index (χ2n) is 4.43. The molecule has 1 heterocycles. The minimum atomic E-state index is -0.468. The molecular formula is C12H16ClNO2S. The van der Waals surface area contributed by atoms with Gasteiger partial charge in [0.2, 0.25) is 0 Å². The molecule has 0 radical (unpaired) electrons. The third kappa shape index (κ3) is 5.75. The third-order valence-electron chi connectivity index (χ3n) is 1.71. The number of halogens is 1. The van der Waals surface area contributed by atoms with Crippen LogP contribution >= 0.6 is 22.9 Å². The summed E-state index contributed by atoms with van der Waals surface area (Å²) in [7, 11) is 0. The van der Waals surface area contributed by atoms with E-state index in [1.165, 1.54) is 11.3 Å². The van der Waals surface area contributed by atoms with Gasteiger partial charge in [-0.25, -0.2) is 4.79 Å². The van der Waals surface area contributed by atoms with Gasteiger partial charge in [-0.2, -0.15) is 0 Å². The molecule has 0 aliphatic carbocycles. The molecule has 0 spiro atoms. The molecule has 0 saturated carbocycles. The molecule has 0 saturated heterocycles. The smallest absolute Gasteiger partial charge is 0.407 e. The molecule has 0 fully saturated rings. The van der Waals surface area contributed by atoms with Crippen molar-refractivity contribution in [1.82, 2.24) is 5.32 Å². The Morgan fingerprint density at radius 1 is 1.59 bits per heavy atom. The van der Waals surface area contributed by atoms with E-state index in [0.717, 1.165) is 9.90 Å². The van der Waals surface area contributed by atoms with E-state index >= 15 is 0 Å². The fraction of sp³-hybridized carbons (Fsp3) is 0.417. The van der Waals surface area contributed by atoms with Crippen molar-refractivity contribution < 1.29 is 9.53 Å². The highest BCUT2D eigenvalue weighted by molar-refractivity contribution is 7.14. The molecule has 0 atom stereocenters. The summed E-state index contributed by atoms with van der Waals surface area (Å²) >= 11 is 7.40. The predicted molar refractivity (Wildman–Crippen MR) is 72.6 cm³/mol. The summed E-state index contributed by atoms with van der Waals surface area (Å²) in [6.45, 7) is 5.90. The fourth-order valence-corrected chi connectivity index (χ4v) is 1.95. The zero-order valence-electron chi connectivity index (χ0n) is 10.1. The topological polar surface area (TPSA) is 38.3 Å². The quantitative estimate of drug-likeness (QED) is 0.906. The first-order valence-corrected chi connectivity index (χ1v) is 6.50. The molecule has 0 aliphatic rings. The molecule has 1 N–H and O–H groups in total. The molecule has 0 aromatic carbocycles. The Balaban J connectivity index is 2.31. The van der Waals surface area contributed by atoms with Crippen LogP contribution < -0.4 is 5.32 Å². The summed E-state index contributed by atoms with van der Waals surface area (Å²) in [5.41, 5.74) is 0.493. The zero-order chi connectivity index (χ0) is 12.9. The molecule has 17 heavy (non-hydrogen) atoms. The fourth-order valence-electron chi connectivity index (χ4n) is 1.06. The number of hydrogen-bond donors (Lipinski definition) is 1. The average Bonchev–Trinajstić information content (AvgIpc) is 2.56. The van der Waals surface area contributed by atoms with Gasteiger partial charge in [0.15, 0.2) is 0 Å². The molecular weight excluding hydrogens is 258 g/mol. The molecule has 1 aromatic heterocycles. The number of amides is 1. The van der Waals surface area contributed by atoms with Crippen LogP contribution in [0.25, 0.3) is 6.08 Å². The Bertz CT molecular complexity index is 407. The zero-order valence-corrected chi connectivity index (χ0v) is 11.7. The summed E-state index contributed by atoms with van der Waals surface area (Å²) in [6, 6.07) is 1.93. The van der Waals surface area contributed by atoms with E-state index in [9.17, 15) is 4.79 Å². The van der Waals surface area contributed by atoms with E-state index in [0.29, 0.717) is 6.54 Å². The first kappa shape index (κ1) is 14.1. The standard InChI is InChI=1S/C12H16ClNO2S/c1-12(2,3)16-11(15)14-7-4-5-9-6-8-17-10(9)13/h4-6,8H,7H2,1-3H3,(H,14,15). The lowest BCUT2D eigenvalue weighted by Gasteiger charge is -2.19. The van der Waals surface area contributed by atoms with Crippen molar-refractivity contribution in [2.45, 2.75) is 26.4 Å². The number of ether oxygens (including phenoxy) is 1. The summed E-state index contributed by atoms with van der Waals surface area (Å²) in [4.78, 5) is 11.3. The van der Waals surface area contributed by atoms with Gasteiger partial charge in [0.1, 0.15) is 9.94 Å². The largest absolute Gasteiger partial charge is 0.444 e. The van der Waals surface area contributed by atoms with E-state index in [4.69, 9.17) is 16.3 Å².